The Morgan fingerprint density at radius 3 is 2.27 bits per heavy atom. The molecule has 3 fully saturated rings. The van der Waals surface area contributed by atoms with Crippen molar-refractivity contribution in [2.75, 3.05) is 27.7 Å². The van der Waals surface area contributed by atoms with Crippen molar-refractivity contribution in [2.45, 2.75) is 179 Å². The van der Waals surface area contributed by atoms with E-state index in [0.29, 0.717) is 6.42 Å². The second-order valence-electron chi connectivity index (χ2n) is 19.8. The Kier molecular flexibility index (Phi) is 17.8. The number of ketones is 1. The molecule has 14 unspecified atom stereocenters. The van der Waals surface area contributed by atoms with Gasteiger partial charge in [-0.05, 0) is 80.6 Å². The van der Waals surface area contributed by atoms with Crippen LogP contribution in [-0.4, -0.2) is 165 Å². The number of hydrogen-bond donors (Lipinski definition) is 6. The lowest BCUT2D eigenvalue weighted by molar-refractivity contribution is -0.318. The van der Waals surface area contributed by atoms with E-state index in [-0.39, 0.29) is 44.6 Å². The minimum atomic E-state index is -2.25. The molecule has 0 radical (unpaired) electrons. The van der Waals surface area contributed by atoms with Crippen molar-refractivity contribution in [1.82, 2.24) is 15.2 Å². The fourth-order valence-corrected chi connectivity index (χ4v) is 10.0. The molecule has 18 nitrogen and oxygen atoms in total. The topological polar surface area (TPSA) is 245 Å². The number of cyclic esters (lactones) is 1. The smallest absolute Gasteiger partial charge is 0.407 e. The lowest BCUT2D eigenvalue weighted by atomic mass is 9.74. The number of rotatable bonds is 11. The first-order chi connectivity index (χ1) is 30.8. The van der Waals surface area contributed by atoms with Crippen LogP contribution in [-0.2, 0) is 49.4 Å². The zero-order valence-electron chi connectivity index (χ0n) is 40.6. The number of pyridine rings is 1. The third-order valence-electron chi connectivity index (χ3n) is 14.2. The van der Waals surface area contributed by atoms with Crippen LogP contribution in [0.15, 0.2) is 36.5 Å². The van der Waals surface area contributed by atoms with E-state index in [1.54, 1.807) is 46.9 Å². The van der Waals surface area contributed by atoms with E-state index in [9.17, 15) is 39.9 Å². The first-order valence-corrected chi connectivity index (χ1v) is 23.1. The lowest BCUT2D eigenvalue weighted by Crippen LogP contribution is -2.61. The molecule has 18 heteroatoms. The van der Waals surface area contributed by atoms with Crippen LogP contribution < -0.4 is 5.32 Å². The highest BCUT2D eigenvalue weighted by Crippen LogP contribution is 2.41. The predicted molar refractivity (Wildman–Crippen MR) is 241 cm³/mol. The number of aliphatic hydroxyl groups excluding tert-OH is 3. The molecule has 1 aromatic heterocycles. The average Bonchev–Trinajstić information content (AvgIpc) is 3.26. The van der Waals surface area contributed by atoms with Crippen LogP contribution >= 0.6 is 0 Å². The predicted octanol–water partition coefficient (Wildman–Crippen LogP) is 3.24. The molecule has 6 N–H and O–H groups in total. The third kappa shape index (κ3) is 12.1. The number of hydrogen-bond acceptors (Lipinski definition) is 17. The highest BCUT2D eigenvalue weighted by molar-refractivity contribution is 5.84. The second-order valence-corrected chi connectivity index (χ2v) is 19.8. The fourth-order valence-electron chi connectivity index (χ4n) is 10.0. The van der Waals surface area contributed by atoms with Crippen molar-refractivity contribution in [3.63, 3.8) is 0 Å². The number of alkyl carbamates (subject to hydrolysis) is 1. The summed E-state index contributed by atoms with van der Waals surface area (Å²) in [6, 6.07) is 8.79. The SMILES string of the molecule is COC1(C)CC(OC2C(C)C(=O)O[C@H](CCNC(=O)OCc3ccnc4ccccc34)C(C)(O)C(O)[C@@H](C)C(=O)[C@H](C)CC(C)(O)C(OC3OC(C)CC(N(C)C)C3O)[C@H]2C)OC(C)C1O. The maximum Gasteiger partial charge on any atom is 0.407 e. The number of aliphatic hydroxyl groups is 5. The number of Topliss-reactive ketones (excluding diaryl/α,β-unsaturated/α-hetero) is 1. The van der Waals surface area contributed by atoms with E-state index in [1.807, 2.05) is 50.2 Å². The summed E-state index contributed by atoms with van der Waals surface area (Å²) in [7, 11) is 5.12. The summed E-state index contributed by atoms with van der Waals surface area (Å²) in [5.41, 5.74) is -3.78. The van der Waals surface area contributed by atoms with Crippen LogP contribution in [0.5, 0.6) is 0 Å². The number of esters is 1. The number of carbonyl (C=O) groups is 3. The van der Waals surface area contributed by atoms with Crippen molar-refractivity contribution >= 4 is 28.7 Å². The second kappa shape index (κ2) is 21.9. The van der Waals surface area contributed by atoms with Gasteiger partial charge in [-0.15, -0.1) is 0 Å². The van der Waals surface area contributed by atoms with Gasteiger partial charge in [0.25, 0.3) is 0 Å². The summed E-state index contributed by atoms with van der Waals surface area (Å²) in [6.45, 7) is 14.0. The summed E-state index contributed by atoms with van der Waals surface area (Å²) in [4.78, 5) is 48.1. The van der Waals surface area contributed by atoms with Crippen LogP contribution in [0, 0.1) is 23.7 Å². The Morgan fingerprint density at radius 2 is 1.61 bits per heavy atom. The Hall–Kier alpha value is -3.40. The summed E-state index contributed by atoms with van der Waals surface area (Å²) in [5, 5.41) is 62.6. The zero-order valence-corrected chi connectivity index (χ0v) is 40.6. The lowest BCUT2D eigenvalue weighted by Gasteiger charge is -2.49. The number of ether oxygens (including phenoxy) is 7. The number of para-hydroxylation sites is 1. The summed E-state index contributed by atoms with van der Waals surface area (Å²) in [5.74, 6) is -5.71. The molecule has 0 spiro atoms. The maximum atomic E-state index is 14.7. The van der Waals surface area contributed by atoms with Gasteiger partial charge in [0.2, 0.25) is 0 Å². The molecule has 372 valence electrons. The van der Waals surface area contributed by atoms with Crippen molar-refractivity contribution in [2.24, 2.45) is 23.7 Å². The van der Waals surface area contributed by atoms with Gasteiger partial charge in [-0.3, -0.25) is 14.6 Å². The molecule has 4 heterocycles. The van der Waals surface area contributed by atoms with Gasteiger partial charge in [-0.1, -0.05) is 39.0 Å². The van der Waals surface area contributed by atoms with Crippen molar-refractivity contribution in [3.05, 3.63) is 42.1 Å². The van der Waals surface area contributed by atoms with Crippen LogP contribution in [0.25, 0.3) is 10.9 Å². The largest absolute Gasteiger partial charge is 0.459 e. The Morgan fingerprint density at radius 1 is 0.924 bits per heavy atom. The summed E-state index contributed by atoms with van der Waals surface area (Å²) in [6.07, 6.45) is -10.5. The zero-order chi connectivity index (χ0) is 49.1. The minimum absolute atomic E-state index is 0.0283. The van der Waals surface area contributed by atoms with Gasteiger partial charge in [-0.2, -0.15) is 0 Å². The number of nitrogens with one attached hydrogen (secondary N) is 1. The molecule has 0 aliphatic carbocycles. The first-order valence-electron chi connectivity index (χ1n) is 23.1. The number of nitrogens with zero attached hydrogens (tertiary/aromatic N) is 2. The van der Waals surface area contributed by atoms with E-state index < -0.39 is 114 Å². The standard InChI is InChI=1S/C48H75N3O15/c1-25-22-46(7,58)42(66-44-38(53)34(51(10)11)21-26(2)62-44)28(4)39(65-36-23-47(8,60-12)41(55)30(6)63-36)29(5)43(56)64-35(48(9,59)40(54)27(3)37(25)52)18-20-50-45(57)61-24-31-17-19-49-33-16-14-13-15-32(31)33/h13-17,19,25-30,34-36,38-42,44,53-55,58-59H,18,20-24H2,1-12H3,(H,50,57)/t25-,26?,27+,28+,29?,30?,34?,35-,36?,38?,39?,40?,41?,42?,44?,46?,47?,48?/m1/s1. The number of benzene rings is 1. The van der Waals surface area contributed by atoms with Gasteiger partial charge in [0.1, 0.15) is 36.3 Å². The van der Waals surface area contributed by atoms with Gasteiger partial charge < -0.3 is 68.9 Å². The average molecular weight is 934 g/mol. The molecule has 0 saturated carbocycles. The van der Waals surface area contributed by atoms with Crippen LogP contribution in [0.2, 0.25) is 0 Å². The van der Waals surface area contributed by atoms with Crippen molar-refractivity contribution < 1.29 is 73.1 Å². The van der Waals surface area contributed by atoms with Crippen molar-refractivity contribution in [1.29, 1.82) is 0 Å². The van der Waals surface area contributed by atoms with E-state index in [2.05, 4.69) is 10.3 Å². The first kappa shape index (κ1) is 53.6. The van der Waals surface area contributed by atoms with Gasteiger partial charge in [0, 0.05) is 67.4 Å². The van der Waals surface area contributed by atoms with Crippen molar-refractivity contribution in [3.8, 4) is 0 Å². The summed E-state index contributed by atoms with van der Waals surface area (Å²) >= 11 is 0. The molecule has 1 aromatic carbocycles. The quantitative estimate of drug-likeness (QED) is 0.177. The molecule has 18 atom stereocenters. The van der Waals surface area contributed by atoms with Gasteiger partial charge in [-0.25, -0.2) is 4.79 Å². The Labute approximate surface area is 388 Å². The minimum Gasteiger partial charge on any atom is -0.459 e. The summed E-state index contributed by atoms with van der Waals surface area (Å²) < 4.78 is 43.1. The molecule has 0 bridgehead atoms. The molecular formula is C48H75N3O15. The van der Waals surface area contributed by atoms with E-state index >= 15 is 0 Å². The molecule has 66 heavy (non-hydrogen) atoms. The molecular weight excluding hydrogens is 859 g/mol. The number of carbonyl (C=O) groups excluding carboxylic acids is 3. The normalized spacial score (nSPS) is 41.0. The van der Waals surface area contributed by atoms with Gasteiger partial charge >= 0.3 is 12.1 Å². The number of methoxy groups -OCH3 is 1. The Balaban J connectivity index is 1.49. The number of aromatic nitrogens is 1. The van der Waals surface area contributed by atoms with Gasteiger partial charge in [0.05, 0.1) is 53.2 Å². The highest BCUT2D eigenvalue weighted by Gasteiger charge is 2.53. The monoisotopic (exact) mass is 934 g/mol. The highest BCUT2D eigenvalue weighted by atomic mass is 16.7. The Bertz CT molecular complexity index is 1950. The molecule has 5 rings (SSSR count). The molecule has 3 aliphatic heterocycles. The molecule has 2 aromatic rings. The number of likely N-dealkylation sites (N-methyl/N-ethyl adjacent to an activating group) is 1. The fraction of sp³-hybridized carbons (Fsp3) is 0.750. The van der Waals surface area contributed by atoms with Gasteiger partial charge in [0.15, 0.2) is 12.6 Å². The molecule has 1 amide bonds. The number of amides is 1. The van der Waals surface area contributed by atoms with E-state index in [0.717, 1.165) is 16.5 Å². The number of fused-ring (bicyclic) bond motifs is 1. The van der Waals surface area contributed by atoms with Crippen LogP contribution in [0.1, 0.15) is 93.6 Å². The molecule has 3 aliphatic rings. The van der Waals surface area contributed by atoms with Crippen LogP contribution in [0.4, 0.5) is 4.79 Å². The maximum absolute atomic E-state index is 14.7. The molecule has 3 saturated heterocycles. The third-order valence-corrected chi connectivity index (χ3v) is 14.2. The van der Waals surface area contributed by atoms with E-state index in [4.69, 9.17) is 33.2 Å². The van der Waals surface area contributed by atoms with E-state index in [1.165, 1.54) is 27.9 Å². The van der Waals surface area contributed by atoms with Crippen LogP contribution in [0.3, 0.4) is 0 Å².